The molecule has 0 aromatic rings. The van der Waals surface area contributed by atoms with E-state index in [-0.39, 0.29) is 32.6 Å². The number of hydrogen-bond acceptors (Lipinski definition) is 8. The van der Waals surface area contributed by atoms with E-state index in [4.69, 9.17) is 24.3 Å². The molecular formula is C39H68NO8P. The Bertz CT molecular complexity index is 992. The number of carbonyl (C=O) groups is 2. The Kier molecular flexibility index (Phi) is 33.9. The second-order valence-electron chi connectivity index (χ2n) is 12.1. The minimum atomic E-state index is -4.37. The first-order valence-corrected chi connectivity index (χ1v) is 20.3. The minimum Gasteiger partial charge on any atom is -0.462 e. The monoisotopic (exact) mass is 709 g/mol. The van der Waals surface area contributed by atoms with Crippen molar-refractivity contribution < 1.29 is 37.6 Å². The van der Waals surface area contributed by atoms with Crippen molar-refractivity contribution in [3.8, 4) is 0 Å². The lowest BCUT2D eigenvalue weighted by Crippen LogP contribution is -2.29. The van der Waals surface area contributed by atoms with Gasteiger partial charge in [-0.15, -0.1) is 0 Å². The van der Waals surface area contributed by atoms with E-state index in [9.17, 15) is 19.0 Å². The van der Waals surface area contributed by atoms with Gasteiger partial charge in [-0.2, -0.15) is 0 Å². The number of rotatable bonds is 34. The fourth-order valence-electron chi connectivity index (χ4n) is 4.66. The van der Waals surface area contributed by atoms with Crippen LogP contribution in [0.1, 0.15) is 142 Å². The third kappa shape index (κ3) is 35.3. The van der Waals surface area contributed by atoms with Gasteiger partial charge in [0.1, 0.15) is 6.61 Å². The van der Waals surface area contributed by atoms with Gasteiger partial charge in [0.25, 0.3) is 0 Å². The van der Waals surface area contributed by atoms with E-state index >= 15 is 0 Å². The predicted molar refractivity (Wildman–Crippen MR) is 201 cm³/mol. The Morgan fingerprint density at radius 2 is 1.12 bits per heavy atom. The molecule has 0 radical (unpaired) electrons. The van der Waals surface area contributed by atoms with Crippen molar-refractivity contribution in [1.29, 1.82) is 0 Å². The SMILES string of the molecule is CC/C=C\C/C=C\C/C=C\C/C=C\C/C=C\CCCCCCCCCC(=O)OC(COC(=O)CCCCCCC)COP(=O)(O)OCCN. The zero-order valence-electron chi connectivity index (χ0n) is 30.7. The van der Waals surface area contributed by atoms with Gasteiger partial charge in [-0.25, -0.2) is 4.57 Å². The molecular weight excluding hydrogens is 641 g/mol. The van der Waals surface area contributed by atoms with Crippen molar-refractivity contribution in [3.63, 3.8) is 0 Å². The van der Waals surface area contributed by atoms with Crippen LogP contribution in [-0.2, 0) is 32.7 Å². The molecule has 0 heterocycles. The van der Waals surface area contributed by atoms with Crippen LogP contribution in [0.15, 0.2) is 60.8 Å². The van der Waals surface area contributed by atoms with Gasteiger partial charge in [-0.05, 0) is 57.8 Å². The van der Waals surface area contributed by atoms with Gasteiger partial charge in [-0.1, -0.05) is 132 Å². The highest BCUT2D eigenvalue weighted by Crippen LogP contribution is 2.43. The molecule has 0 aliphatic rings. The first kappa shape index (κ1) is 46.7. The summed E-state index contributed by atoms with van der Waals surface area (Å²) in [5.74, 6) is -0.862. The summed E-state index contributed by atoms with van der Waals surface area (Å²) < 4.78 is 32.4. The smallest absolute Gasteiger partial charge is 0.462 e. The third-order valence-corrected chi connectivity index (χ3v) is 8.40. The maximum atomic E-state index is 12.5. The summed E-state index contributed by atoms with van der Waals surface area (Å²) in [6.45, 7) is 3.48. The number of carbonyl (C=O) groups excluding carboxylic acids is 2. The lowest BCUT2D eigenvalue weighted by atomic mass is 10.1. The predicted octanol–water partition coefficient (Wildman–Crippen LogP) is 10.2. The number of phosphoric ester groups is 1. The Morgan fingerprint density at radius 1 is 0.633 bits per heavy atom. The number of nitrogens with two attached hydrogens (primary N) is 1. The van der Waals surface area contributed by atoms with E-state index in [0.717, 1.165) is 89.9 Å². The molecule has 0 fully saturated rings. The molecule has 0 spiro atoms. The summed E-state index contributed by atoms with van der Waals surface area (Å²) >= 11 is 0. The summed E-state index contributed by atoms with van der Waals surface area (Å²) in [6.07, 6.45) is 40.1. The Hall–Kier alpha value is -2.29. The second kappa shape index (κ2) is 35.5. The van der Waals surface area contributed by atoms with Crippen LogP contribution in [0.5, 0.6) is 0 Å². The van der Waals surface area contributed by atoms with E-state index in [1.807, 2.05) is 0 Å². The van der Waals surface area contributed by atoms with Crippen molar-refractivity contribution in [2.45, 2.75) is 148 Å². The highest BCUT2D eigenvalue weighted by atomic mass is 31.2. The molecule has 0 amide bonds. The molecule has 0 saturated carbocycles. The fraction of sp³-hybridized carbons (Fsp3) is 0.692. The first-order valence-electron chi connectivity index (χ1n) is 18.8. The lowest BCUT2D eigenvalue weighted by Gasteiger charge is -2.19. The molecule has 2 atom stereocenters. The first-order chi connectivity index (χ1) is 23.8. The largest absolute Gasteiger partial charge is 0.472 e. The van der Waals surface area contributed by atoms with Crippen LogP contribution < -0.4 is 5.73 Å². The molecule has 0 rings (SSSR count). The van der Waals surface area contributed by atoms with Crippen LogP contribution in [0.4, 0.5) is 0 Å². The van der Waals surface area contributed by atoms with E-state index in [1.165, 1.54) is 19.3 Å². The number of unbranched alkanes of at least 4 members (excludes halogenated alkanes) is 11. The number of ether oxygens (including phenoxy) is 2. The Labute approximate surface area is 298 Å². The van der Waals surface area contributed by atoms with Crippen LogP contribution in [0, 0.1) is 0 Å². The van der Waals surface area contributed by atoms with Crippen LogP contribution >= 0.6 is 7.82 Å². The third-order valence-electron chi connectivity index (χ3n) is 7.42. The van der Waals surface area contributed by atoms with Crippen LogP contribution in [-0.4, -0.2) is 49.3 Å². The summed E-state index contributed by atoms with van der Waals surface area (Å²) in [5, 5.41) is 0. The van der Waals surface area contributed by atoms with Crippen LogP contribution in [0.25, 0.3) is 0 Å². The number of esters is 2. The van der Waals surface area contributed by atoms with Gasteiger partial charge < -0.3 is 20.1 Å². The standard InChI is InChI=1S/C39H68NO8P/c1-3-5-7-9-10-11-12-13-14-15-16-17-18-19-20-21-22-23-24-25-26-28-30-32-39(42)48-37(36-47-49(43,44)46-34-33-40)35-45-38(41)31-29-27-8-6-4-2/h5,7,10-11,13-14,16-17,19-20,37H,3-4,6,8-9,12,15,18,21-36,40H2,1-2H3,(H,43,44)/b7-5-,11-10-,14-13-,17-16-,20-19-. The van der Waals surface area contributed by atoms with Gasteiger partial charge in [0.05, 0.1) is 13.2 Å². The van der Waals surface area contributed by atoms with Crippen molar-refractivity contribution in [1.82, 2.24) is 0 Å². The van der Waals surface area contributed by atoms with Gasteiger partial charge in [0.15, 0.2) is 6.10 Å². The maximum absolute atomic E-state index is 12.5. The van der Waals surface area contributed by atoms with E-state index < -0.39 is 32.5 Å². The van der Waals surface area contributed by atoms with Crippen LogP contribution in [0.2, 0.25) is 0 Å². The molecule has 282 valence electrons. The van der Waals surface area contributed by atoms with Gasteiger partial charge in [0.2, 0.25) is 0 Å². The fourth-order valence-corrected chi connectivity index (χ4v) is 5.42. The van der Waals surface area contributed by atoms with Gasteiger partial charge >= 0.3 is 19.8 Å². The Morgan fingerprint density at radius 3 is 1.67 bits per heavy atom. The topological polar surface area (TPSA) is 134 Å². The van der Waals surface area contributed by atoms with Gasteiger partial charge in [-0.3, -0.25) is 18.6 Å². The lowest BCUT2D eigenvalue weighted by molar-refractivity contribution is -0.161. The average Bonchev–Trinajstić information content (AvgIpc) is 3.08. The molecule has 0 aromatic carbocycles. The average molecular weight is 710 g/mol. The summed E-state index contributed by atoms with van der Waals surface area (Å²) in [5.41, 5.74) is 5.31. The normalized spacial score (nSPS) is 14.1. The maximum Gasteiger partial charge on any atom is 0.472 e. The summed E-state index contributed by atoms with van der Waals surface area (Å²) in [6, 6.07) is 0. The molecule has 49 heavy (non-hydrogen) atoms. The molecule has 0 aliphatic heterocycles. The number of allylic oxidation sites excluding steroid dienone is 10. The zero-order chi connectivity index (χ0) is 36.1. The quantitative estimate of drug-likeness (QED) is 0.0290. The molecule has 0 aromatic heterocycles. The molecule has 10 heteroatoms. The van der Waals surface area contributed by atoms with Crippen LogP contribution in [0.3, 0.4) is 0 Å². The Balaban J connectivity index is 4.08. The van der Waals surface area contributed by atoms with E-state index in [0.29, 0.717) is 6.42 Å². The summed E-state index contributed by atoms with van der Waals surface area (Å²) in [7, 11) is -4.37. The molecule has 2 unspecified atom stereocenters. The zero-order valence-corrected chi connectivity index (χ0v) is 31.5. The molecule has 0 bridgehead atoms. The van der Waals surface area contributed by atoms with E-state index in [1.54, 1.807) is 0 Å². The molecule has 3 N–H and O–H groups in total. The van der Waals surface area contributed by atoms with E-state index in [2.05, 4.69) is 74.6 Å². The summed E-state index contributed by atoms with van der Waals surface area (Å²) in [4.78, 5) is 34.4. The second-order valence-corrected chi connectivity index (χ2v) is 13.5. The number of phosphoric acid groups is 1. The minimum absolute atomic E-state index is 0.0489. The number of hydrogen-bond donors (Lipinski definition) is 2. The van der Waals surface area contributed by atoms with Gasteiger partial charge in [0, 0.05) is 19.4 Å². The van der Waals surface area contributed by atoms with Crippen molar-refractivity contribution >= 4 is 19.8 Å². The van der Waals surface area contributed by atoms with Crippen molar-refractivity contribution in [2.24, 2.45) is 5.73 Å². The molecule has 0 saturated heterocycles. The van der Waals surface area contributed by atoms with Crippen molar-refractivity contribution in [2.75, 3.05) is 26.4 Å². The van der Waals surface area contributed by atoms with Crippen molar-refractivity contribution in [3.05, 3.63) is 60.8 Å². The molecule has 9 nitrogen and oxygen atoms in total. The highest BCUT2D eigenvalue weighted by molar-refractivity contribution is 7.47. The highest BCUT2D eigenvalue weighted by Gasteiger charge is 2.25. The molecule has 0 aliphatic carbocycles.